The second kappa shape index (κ2) is 8.24. The molecule has 1 aliphatic heterocycles. The molecule has 2 aliphatic rings. The molecule has 0 saturated heterocycles. The second-order valence-electron chi connectivity index (χ2n) is 6.56. The zero-order valence-electron chi connectivity index (χ0n) is 15.2. The van der Waals surface area contributed by atoms with Crippen LogP contribution in [0.1, 0.15) is 18.9 Å². The van der Waals surface area contributed by atoms with Gasteiger partial charge < -0.3 is 19.5 Å². The molecule has 1 N–H and O–H groups in total. The fraction of sp³-hybridized carbons (Fsp3) is 0.400. The van der Waals surface area contributed by atoms with Crippen LogP contribution in [0.4, 0.5) is 9.18 Å². The minimum absolute atomic E-state index is 0.137. The average molecular weight is 375 g/mol. The summed E-state index contributed by atoms with van der Waals surface area (Å²) < 4.78 is 29.3. The van der Waals surface area contributed by atoms with Gasteiger partial charge in [0, 0.05) is 12.5 Å². The van der Waals surface area contributed by atoms with Gasteiger partial charge in [0.25, 0.3) is 6.29 Å². The number of ether oxygens (including phenoxy) is 3. The third kappa shape index (κ3) is 4.13. The number of halogens is 1. The molecule has 0 fully saturated rings. The zero-order valence-corrected chi connectivity index (χ0v) is 15.2. The number of carbonyl (C=O) groups is 2. The van der Waals surface area contributed by atoms with Gasteiger partial charge in [-0.25, -0.2) is 14.0 Å². The van der Waals surface area contributed by atoms with E-state index in [1.54, 1.807) is 18.2 Å². The number of carbonyl (C=O) groups excluding carboxylic acids is 2. The van der Waals surface area contributed by atoms with E-state index in [0.717, 1.165) is 5.57 Å². The van der Waals surface area contributed by atoms with Crippen LogP contribution in [0.25, 0.3) is 0 Å². The van der Waals surface area contributed by atoms with Crippen molar-refractivity contribution in [2.24, 2.45) is 11.8 Å². The number of allylic oxidation sites excluding steroid dienone is 1. The van der Waals surface area contributed by atoms with E-state index in [9.17, 15) is 14.0 Å². The Morgan fingerprint density at radius 3 is 2.85 bits per heavy atom. The van der Waals surface area contributed by atoms with E-state index in [1.165, 1.54) is 19.4 Å². The molecule has 0 spiro atoms. The fourth-order valence-corrected chi connectivity index (χ4v) is 3.52. The van der Waals surface area contributed by atoms with Crippen LogP contribution in [0.15, 0.2) is 47.7 Å². The standard InChI is InChI=1S/C20H22FNO5/c1-12-7-8-14-15(18(23)25-2)11-26-19(17(12)14)27-20(24)22-10-9-13-5-3-4-6-16(13)21/h3-7,11,14,17,19H,8-10H2,1-2H3,(H,22,24). The molecular weight excluding hydrogens is 353 g/mol. The van der Waals surface area contributed by atoms with Gasteiger partial charge >= 0.3 is 12.1 Å². The average Bonchev–Trinajstić information content (AvgIpc) is 3.05. The summed E-state index contributed by atoms with van der Waals surface area (Å²) in [5.41, 5.74) is 1.96. The number of amides is 1. The van der Waals surface area contributed by atoms with Crippen molar-refractivity contribution in [3.8, 4) is 0 Å². The molecule has 0 radical (unpaired) electrons. The number of rotatable bonds is 5. The van der Waals surface area contributed by atoms with Gasteiger partial charge in [0.05, 0.1) is 24.9 Å². The summed E-state index contributed by atoms with van der Waals surface area (Å²) in [5.74, 6) is -1.12. The summed E-state index contributed by atoms with van der Waals surface area (Å²) in [6.45, 7) is 2.15. The van der Waals surface area contributed by atoms with Crippen molar-refractivity contribution in [2.45, 2.75) is 26.1 Å². The lowest BCUT2D eigenvalue weighted by atomic mass is 9.84. The monoisotopic (exact) mass is 375 g/mol. The molecule has 1 aliphatic carbocycles. The van der Waals surface area contributed by atoms with Crippen LogP contribution >= 0.6 is 0 Å². The van der Waals surface area contributed by atoms with Gasteiger partial charge in [0.2, 0.25) is 0 Å². The van der Waals surface area contributed by atoms with E-state index in [1.807, 2.05) is 13.0 Å². The highest BCUT2D eigenvalue weighted by Gasteiger charge is 2.44. The molecule has 3 unspecified atom stereocenters. The maximum Gasteiger partial charge on any atom is 0.410 e. The third-order valence-corrected chi connectivity index (χ3v) is 4.94. The summed E-state index contributed by atoms with van der Waals surface area (Å²) in [6.07, 6.45) is 2.87. The SMILES string of the molecule is COC(=O)C1=COC(OC(=O)NCCc2ccccc2F)C2C(C)=CCC12. The fourth-order valence-electron chi connectivity index (χ4n) is 3.52. The summed E-state index contributed by atoms with van der Waals surface area (Å²) in [6, 6.07) is 6.41. The van der Waals surface area contributed by atoms with Crippen LogP contribution in [0, 0.1) is 17.7 Å². The lowest BCUT2D eigenvalue weighted by molar-refractivity contribution is -0.141. The van der Waals surface area contributed by atoms with Gasteiger partial charge in [-0.05, 0) is 31.4 Å². The van der Waals surface area contributed by atoms with Crippen LogP contribution in [0.3, 0.4) is 0 Å². The van der Waals surface area contributed by atoms with Crippen LogP contribution in [0.2, 0.25) is 0 Å². The summed E-state index contributed by atoms with van der Waals surface area (Å²) >= 11 is 0. The van der Waals surface area contributed by atoms with Crippen molar-refractivity contribution in [2.75, 3.05) is 13.7 Å². The van der Waals surface area contributed by atoms with Gasteiger partial charge in [0.1, 0.15) is 5.82 Å². The molecule has 1 aromatic rings. The highest BCUT2D eigenvalue weighted by Crippen LogP contribution is 2.43. The van der Waals surface area contributed by atoms with Crippen LogP contribution in [-0.2, 0) is 25.4 Å². The van der Waals surface area contributed by atoms with E-state index in [4.69, 9.17) is 14.2 Å². The third-order valence-electron chi connectivity index (χ3n) is 4.94. The Hall–Kier alpha value is -2.83. The Balaban J connectivity index is 1.57. The second-order valence-corrected chi connectivity index (χ2v) is 6.56. The summed E-state index contributed by atoms with van der Waals surface area (Å²) in [5, 5.41) is 2.61. The van der Waals surface area contributed by atoms with E-state index in [0.29, 0.717) is 24.0 Å². The first-order chi connectivity index (χ1) is 13.0. The zero-order chi connectivity index (χ0) is 19.4. The quantitative estimate of drug-likeness (QED) is 0.632. The molecule has 1 aromatic carbocycles. The van der Waals surface area contributed by atoms with E-state index in [2.05, 4.69) is 5.32 Å². The Labute approximate surface area is 157 Å². The Morgan fingerprint density at radius 1 is 1.33 bits per heavy atom. The number of hydrogen-bond acceptors (Lipinski definition) is 5. The number of methoxy groups -OCH3 is 1. The molecule has 1 amide bonds. The van der Waals surface area contributed by atoms with Crippen molar-refractivity contribution < 1.29 is 28.2 Å². The largest absolute Gasteiger partial charge is 0.466 e. The lowest BCUT2D eigenvalue weighted by Crippen LogP contribution is -2.40. The number of alkyl carbamates (subject to hydrolysis) is 1. The van der Waals surface area contributed by atoms with Crippen LogP contribution in [0.5, 0.6) is 0 Å². The minimum Gasteiger partial charge on any atom is -0.466 e. The van der Waals surface area contributed by atoms with Crippen molar-refractivity contribution >= 4 is 12.1 Å². The molecule has 1 heterocycles. The smallest absolute Gasteiger partial charge is 0.410 e. The predicted molar refractivity (Wildman–Crippen MR) is 94.9 cm³/mol. The van der Waals surface area contributed by atoms with Gasteiger partial charge in [-0.3, -0.25) is 0 Å². The van der Waals surface area contributed by atoms with Crippen molar-refractivity contribution in [1.29, 1.82) is 0 Å². The molecule has 7 heteroatoms. The van der Waals surface area contributed by atoms with E-state index < -0.39 is 18.4 Å². The van der Waals surface area contributed by atoms with E-state index >= 15 is 0 Å². The highest BCUT2D eigenvalue weighted by molar-refractivity contribution is 5.89. The first-order valence-corrected chi connectivity index (χ1v) is 8.79. The molecule has 3 rings (SSSR count). The molecule has 6 nitrogen and oxygen atoms in total. The topological polar surface area (TPSA) is 73.9 Å². The van der Waals surface area contributed by atoms with Crippen molar-refractivity contribution in [1.82, 2.24) is 5.32 Å². The Kier molecular flexibility index (Phi) is 5.78. The molecule has 0 aromatic heterocycles. The number of hydrogen-bond donors (Lipinski definition) is 1. The van der Waals surface area contributed by atoms with Crippen LogP contribution < -0.4 is 5.32 Å². The van der Waals surface area contributed by atoms with Gasteiger partial charge in [0.15, 0.2) is 0 Å². The molecule has 0 bridgehead atoms. The van der Waals surface area contributed by atoms with Crippen molar-refractivity contribution in [3.63, 3.8) is 0 Å². The first kappa shape index (κ1) is 18.9. The number of fused-ring (bicyclic) bond motifs is 1. The molecular formula is C20H22FNO5. The molecule has 144 valence electrons. The minimum atomic E-state index is -0.824. The maximum absolute atomic E-state index is 13.6. The first-order valence-electron chi connectivity index (χ1n) is 8.79. The van der Waals surface area contributed by atoms with Crippen molar-refractivity contribution in [3.05, 3.63) is 59.1 Å². The Morgan fingerprint density at radius 2 is 2.11 bits per heavy atom. The van der Waals surface area contributed by atoms with E-state index in [-0.39, 0.29) is 24.2 Å². The van der Waals surface area contributed by atoms with Gasteiger partial charge in [-0.1, -0.05) is 29.8 Å². The molecule has 3 atom stereocenters. The summed E-state index contributed by atoms with van der Waals surface area (Å²) in [4.78, 5) is 24.0. The normalized spacial score (nSPS) is 23.4. The van der Waals surface area contributed by atoms with Crippen LogP contribution in [-0.4, -0.2) is 32.0 Å². The summed E-state index contributed by atoms with van der Waals surface area (Å²) in [7, 11) is 1.32. The molecule has 27 heavy (non-hydrogen) atoms. The predicted octanol–water partition coefficient (Wildman–Crippen LogP) is 3.09. The Bertz CT molecular complexity index is 788. The van der Waals surface area contributed by atoms with Gasteiger partial charge in [-0.15, -0.1) is 0 Å². The number of nitrogens with one attached hydrogen (secondary N) is 1. The molecule has 0 saturated carbocycles. The number of esters is 1. The number of benzene rings is 1. The van der Waals surface area contributed by atoms with Gasteiger partial charge in [-0.2, -0.15) is 0 Å². The maximum atomic E-state index is 13.6. The lowest BCUT2D eigenvalue weighted by Gasteiger charge is -2.33. The highest BCUT2D eigenvalue weighted by atomic mass is 19.1.